The van der Waals surface area contributed by atoms with Crippen LogP contribution in [0.15, 0.2) is 42.5 Å². The highest BCUT2D eigenvalue weighted by atomic mass is 35.5. The van der Waals surface area contributed by atoms with Crippen molar-refractivity contribution < 1.29 is 14.3 Å². The smallest absolute Gasteiger partial charge is 0.254 e. The van der Waals surface area contributed by atoms with E-state index in [0.717, 1.165) is 18.5 Å². The van der Waals surface area contributed by atoms with E-state index in [1.165, 1.54) is 0 Å². The van der Waals surface area contributed by atoms with Crippen molar-refractivity contribution in [3.8, 4) is 11.5 Å². The van der Waals surface area contributed by atoms with Crippen LogP contribution in [0.3, 0.4) is 0 Å². The summed E-state index contributed by atoms with van der Waals surface area (Å²) in [7, 11) is 1.57. The van der Waals surface area contributed by atoms with Gasteiger partial charge in [0, 0.05) is 23.7 Å². The van der Waals surface area contributed by atoms with Gasteiger partial charge in [0.05, 0.1) is 7.11 Å². The van der Waals surface area contributed by atoms with Crippen LogP contribution in [-0.4, -0.2) is 37.6 Å². The van der Waals surface area contributed by atoms with Gasteiger partial charge in [0.1, 0.15) is 6.61 Å². The number of nitrogens with zero attached hydrogens (tertiary/aromatic N) is 1. The summed E-state index contributed by atoms with van der Waals surface area (Å²) in [5.74, 6) is 1.13. The Morgan fingerprint density at radius 2 is 1.93 bits per heavy atom. The Labute approximate surface area is 177 Å². The Bertz CT molecular complexity index is 814. The zero-order chi connectivity index (χ0) is 19.4. The van der Waals surface area contributed by atoms with E-state index >= 15 is 0 Å². The SMILES string of the molecule is COc1cc(C(=O)N2CCC(C)(CN)C2)ccc1OCc1ccc(Cl)cc1.Cl. The number of hydrogen-bond donors (Lipinski definition) is 1. The van der Waals surface area contributed by atoms with Gasteiger partial charge >= 0.3 is 0 Å². The predicted molar refractivity (Wildman–Crippen MR) is 114 cm³/mol. The van der Waals surface area contributed by atoms with Gasteiger partial charge in [0.15, 0.2) is 11.5 Å². The molecule has 1 saturated heterocycles. The molecule has 0 aliphatic carbocycles. The molecule has 1 unspecified atom stereocenters. The number of carbonyl (C=O) groups excluding carboxylic acids is 1. The summed E-state index contributed by atoms with van der Waals surface area (Å²) in [6.45, 7) is 4.50. The van der Waals surface area contributed by atoms with E-state index in [9.17, 15) is 4.79 Å². The van der Waals surface area contributed by atoms with Gasteiger partial charge in [-0.3, -0.25) is 4.79 Å². The van der Waals surface area contributed by atoms with Gasteiger partial charge in [-0.15, -0.1) is 12.4 Å². The molecule has 7 heteroatoms. The van der Waals surface area contributed by atoms with Gasteiger partial charge in [-0.2, -0.15) is 0 Å². The van der Waals surface area contributed by atoms with Crippen LogP contribution >= 0.6 is 24.0 Å². The quantitative estimate of drug-likeness (QED) is 0.755. The molecule has 1 amide bonds. The molecule has 2 aromatic rings. The molecular weight excluding hydrogens is 399 g/mol. The van der Waals surface area contributed by atoms with Crippen molar-refractivity contribution in [2.75, 3.05) is 26.7 Å². The lowest BCUT2D eigenvalue weighted by Crippen LogP contribution is -2.34. The fraction of sp³-hybridized carbons (Fsp3) is 0.381. The van der Waals surface area contributed by atoms with E-state index in [0.29, 0.717) is 41.8 Å². The highest BCUT2D eigenvalue weighted by Crippen LogP contribution is 2.32. The minimum Gasteiger partial charge on any atom is -0.493 e. The first-order valence-electron chi connectivity index (χ1n) is 8.99. The van der Waals surface area contributed by atoms with E-state index in [-0.39, 0.29) is 23.7 Å². The molecule has 0 spiro atoms. The third-order valence-corrected chi connectivity index (χ3v) is 5.31. The first-order chi connectivity index (χ1) is 12.9. The molecule has 2 N–H and O–H groups in total. The summed E-state index contributed by atoms with van der Waals surface area (Å²) in [6.07, 6.45) is 0.925. The second-order valence-corrected chi connectivity index (χ2v) is 7.71. The number of halogens is 2. The van der Waals surface area contributed by atoms with Gasteiger partial charge in [0.2, 0.25) is 0 Å². The summed E-state index contributed by atoms with van der Waals surface area (Å²) in [6, 6.07) is 12.8. The average molecular weight is 425 g/mol. The number of nitrogens with two attached hydrogens (primary N) is 1. The second-order valence-electron chi connectivity index (χ2n) is 7.27. The Kier molecular flexibility index (Phi) is 7.58. The average Bonchev–Trinajstić information content (AvgIpc) is 3.09. The normalized spacial score (nSPS) is 18.5. The molecule has 0 saturated carbocycles. The van der Waals surface area contributed by atoms with Crippen LogP contribution in [0.25, 0.3) is 0 Å². The largest absolute Gasteiger partial charge is 0.493 e. The number of hydrogen-bond acceptors (Lipinski definition) is 4. The molecule has 1 aliphatic rings. The molecule has 3 rings (SSSR count). The maximum Gasteiger partial charge on any atom is 0.254 e. The number of carbonyl (C=O) groups is 1. The molecule has 1 heterocycles. The second kappa shape index (κ2) is 9.50. The molecule has 2 aromatic carbocycles. The number of methoxy groups -OCH3 is 1. The Hall–Kier alpha value is -1.95. The lowest BCUT2D eigenvalue weighted by atomic mass is 9.90. The summed E-state index contributed by atoms with van der Waals surface area (Å²) in [5.41, 5.74) is 7.43. The fourth-order valence-corrected chi connectivity index (χ4v) is 3.33. The topological polar surface area (TPSA) is 64.8 Å². The van der Waals surface area contributed by atoms with E-state index in [2.05, 4.69) is 6.92 Å². The molecule has 0 radical (unpaired) electrons. The van der Waals surface area contributed by atoms with Crippen molar-refractivity contribution in [3.05, 3.63) is 58.6 Å². The Morgan fingerprint density at radius 1 is 1.21 bits per heavy atom. The monoisotopic (exact) mass is 424 g/mol. The van der Waals surface area contributed by atoms with Crippen LogP contribution in [-0.2, 0) is 6.61 Å². The van der Waals surface area contributed by atoms with Crippen molar-refractivity contribution >= 4 is 29.9 Å². The zero-order valence-corrected chi connectivity index (χ0v) is 17.7. The first-order valence-corrected chi connectivity index (χ1v) is 9.36. The minimum absolute atomic E-state index is 0. The van der Waals surface area contributed by atoms with E-state index < -0.39 is 0 Å². The number of likely N-dealkylation sites (tertiary alicyclic amines) is 1. The maximum atomic E-state index is 12.8. The first kappa shape index (κ1) is 22.3. The van der Waals surface area contributed by atoms with Crippen LogP contribution in [0.1, 0.15) is 29.3 Å². The van der Waals surface area contributed by atoms with Crippen LogP contribution < -0.4 is 15.2 Å². The van der Waals surface area contributed by atoms with Crippen molar-refractivity contribution in [2.45, 2.75) is 20.0 Å². The van der Waals surface area contributed by atoms with Crippen LogP contribution in [0.2, 0.25) is 5.02 Å². The Balaban J connectivity index is 0.00000280. The van der Waals surface area contributed by atoms with Crippen molar-refractivity contribution in [3.63, 3.8) is 0 Å². The van der Waals surface area contributed by atoms with E-state index in [1.807, 2.05) is 29.2 Å². The number of ether oxygens (including phenoxy) is 2. The van der Waals surface area contributed by atoms with Crippen molar-refractivity contribution in [1.82, 2.24) is 4.90 Å². The van der Waals surface area contributed by atoms with Crippen molar-refractivity contribution in [1.29, 1.82) is 0 Å². The van der Waals surface area contributed by atoms with E-state index in [1.54, 1.807) is 25.3 Å². The summed E-state index contributed by atoms with van der Waals surface area (Å²) >= 11 is 5.90. The van der Waals surface area contributed by atoms with Gasteiger partial charge < -0.3 is 20.1 Å². The maximum absolute atomic E-state index is 12.8. The molecule has 5 nitrogen and oxygen atoms in total. The van der Waals surface area contributed by atoms with E-state index in [4.69, 9.17) is 26.8 Å². The third-order valence-electron chi connectivity index (χ3n) is 5.06. The predicted octanol–water partition coefficient (Wildman–Crippen LogP) is 4.16. The zero-order valence-electron chi connectivity index (χ0n) is 16.1. The standard InChI is InChI=1S/C21H25ClN2O3.ClH/c1-21(13-23)9-10-24(14-21)20(25)16-5-8-18(19(11-16)26-2)27-12-15-3-6-17(22)7-4-15;/h3-8,11H,9-10,12-14,23H2,1-2H3;1H. The van der Waals surface area contributed by atoms with Gasteiger partial charge in [-0.25, -0.2) is 0 Å². The third kappa shape index (κ3) is 5.10. The highest BCUT2D eigenvalue weighted by molar-refractivity contribution is 6.30. The lowest BCUT2D eigenvalue weighted by molar-refractivity contribution is 0.0776. The molecule has 0 aromatic heterocycles. The van der Waals surface area contributed by atoms with Crippen molar-refractivity contribution in [2.24, 2.45) is 11.1 Å². The summed E-state index contributed by atoms with van der Waals surface area (Å²) < 4.78 is 11.3. The number of benzene rings is 2. The molecular formula is C21H26Cl2N2O3. The molecule has 0 bridgehead atoms. The van der Waals surface area contributed by atoms with Gasteiger partial charge in [0.25, 0.3) is 5.91 Å². The summed E-state index contributed by atoms with van der Waals surface area (Å²) in [5, 5.41) is 0.687. The fourth-order valence-electron chi connectivity index (χ4n) is 3.21. The van der Waals surface area contributed by atoms with Crippen LogP contribution in [0.4, 0.5) is 0 Å². The minimum atomic E-state index is -0.00488. The molecule has 1 aliphatic heterocycles. The lowest BCUT2D eigenvalue weighted by Gasteiger charge is -2.23. The van der Waals surface area contributed by atoms with Crippen LogP contribution in [0, 0.1) is 5.41 Å². The van der Waals surface area contributed by atoms with Crippen LogP contribution in [0.5, 0.6) is 11.5 Å². The number of rotatable bonds is 6. The van der Waals surface area contributed by atoms with Gasteiger partial charge in [-0.1, -0.05) is 30.7 Å². The van der Waals surface area contributed by atoms with Gasteiger partial charge in [-0.05, 0) is 54.3 Å². The molecule has 28 heavy (non-hydrogen) atoms. The molecule has 1 fully saturated rings. The molecule has 1 atom stereocenters. The highest BCUT2D eigenvalue weighted by Gasteiger charge is 2.35. The number of amides is 1. The Morgan fingerprint density at radius 3 is 2.54 bits per heavy atom. The summed E-state index contributed by atoms with van der Waals surface area (Å²) in [4.78, 5) is 14.7. The molecule has 152 valence electrons.